The Balaban J connectivity index is 1.04. The van der Waals surface area contributed by atoms with Crippen LogP contribution in [0.4, 0.5) is 22.7 Å². The van der Waals surface area contributed by atoms with Gasteiger partial charge in [0.2, 0.25) is 0 Å². The fourth-order valence-electron chi connectivity index (χ4n) is 7.77. The molecule has 4 heterocycles. The first-order chi connectivity index (χ1) is 25.8. The number of anilines is 3. The molecule has 2 aromatic heterocycles. The Hall–Kier alpha value is -6.18. The Labute approximate surface area is 310 Å². The zero-order valence-corrected chi connectivity index (χ0v) is 30.0. The summed E-state index contributed by atoms with van der Waals surface area (Å²) in [5, 5.41) is 6.09. The topological polar surface area (TPSA) is 41.6 Å². The number of fused-ring (bicyclic) bond motifs is 7. The van der Waals surface area contributed by atoms with Crippen LogP contribution in [0.25, 0.3) is 54.9 Å². The second-order valence-corrected chi connectivity index (χ2v) is 15.8. The van der Waals surface area contributed by atoms with Gasteiger partial charge in [-0.2, -0.15) is 0 Å². The number of para-hydroxylation sites is 1. The fraction of sp³-hybridized carbons (Fsp3) is 0. The predicted octanol–water partition coefficient (Wildman–Crippen LogP) is 12.9. The zero-order valence-electron chi connectivity index (χ0n) is 27.8. The van der Waals surface area contributed by atoms with E-state index in [9.17, 15) is 0 Å². The van der Waals surface area contributed by atoms with E-state index in [1.807, 2.05) is 36.5 Å². The molecule has 0 fully saturated rings. The van der Waals surface area contributed by atoms with Crippen molar-refractivity contribution < 1.29 is 4.42 Å². The highest BCUT2D eigenvalue weighted by Gasteiger charge is 2.28. The van der Waals surface area contributed by atoms with Crippen molar-refractivity contribution in [2.24, 2.45) is 4.99 Å². The Bertz CT molecular complexity index is 2940. The van der Waals surface area contributed by atoms with Crippen LogP contribution < -0.4 is 4.90 Å². The lowest BCUT2D eigenvalue weighted by atomic mass is 9.87. The number of hydrogen-bond donors (Lipinski definition) is 0. The van der Waals surface area contributed by atoms with Crippen molar-refractivity contribution in [1.29, 1.82) is 0 Å². The Morgan fingerprint density at radius 1 is 0.538 bits per heavy atom. The molecule has 11 rings (SSSR count). The molecule has 0 saturated carbocycles. The summed E-state index contributed by atoms with van der Waals surface area (Å²) in [4.78, 5) is 12.3. The zero-order chi connectivity index (χ0) is 34.2. The third-order valence-corrected chi connectivity index (χ3v) is 13.2. The molecule has 7 aromatic carbocycles. The molecule has 0 saturated heterocycles. The van der Waals surface area contributed by atoms with Crippen molar-refractivity contribution in [3.63, 3.8) is 0 Å². The van der Waals surface area contributed by atoms with Gasteiger partial charge < -0.3 is 9.32 Å². The molecule has 244 valence electrons. The minimum atomic E-state index is -0.674. The van der Waals surface area contributed by atoms with Crippen LogP contribution in [0.15, 0.2) is 179 Å². The average Bonchev–Trinajstić information content (AvgIpc) is 3.60. The van der Waals surface area contributed by atoms with Gasteiger partial charge in [0.05, 0.1) is 20.6 Å². The summed E-state index contributed by atoms with van der Waals surface area (Å²) >= 11 is -0.674. The molecule has 0 bridgehead atoms. The van der Waals surface area contributed by atoms with Gasteiger partial charge in [0.15, 0.2) is 5.76 Å². The van der Waals surface area contributed by atoms with Crippen LogP contribution in [0, 0.1) is 0 Å². The molecule has 0 spiro atoms. The van der Waals surface area contributed by atoms with E-state index < -0.39 is 20.7 Å². The number of rotatable bonds is 4. The number of furan rings is 1. The van der Waals surface area contributed by atoms with Crippen molar-refractivity contribution in [3.8, 4) is 22.4 Å². The molecule has 0 aliphatic carbocycles. The second-order valence-electron chi connectivity index (χ2n) is 13.1. The SMILES string of the molecule is c1ccc(-c2ccc(C3=IC(c4ccc(N5c6ccc7ccccc7c6-c6cccc7cccc5c67)cc4)=Nc4c3oc3ccccc43)cc2)nc1. The molecule has 0 atom stereocenters. The van der Waals surface area contributed by atoms with Crippen LogP contribution in [0.1, 0.15) is 16.9 Å². The number of benzene rings is 7. The van der Waals surface area contributed by atoms with Gasteiger partial charge in [0.1, 0.15) is 15.0 Å². The second kappa shape index (κ2) is 11.7. The normalized spacial score (nSPS) is 13.3. The number of hydrogen-bond acceptors (Lipinski definition) is 4. The van der Waals surface area contributed by atoms with Crippen LogP contribution in [0.2, 0.25) is 0 Å². The largest absolute Gasteiger partial charge is 0.453 e. The highest BCUT2D eigenvalue weighted by Crippen LogP contribution is 2.53. The van der Waals surface area contributed by atoms with Crippen LogP contribution in [-0.2, 0) is 0 Å². The summed E-state index contributed by atoms with van der Waals surface area (Å²) < 4.78 is 8.91. The summed E-state index contributed by atoms with van der Waals surface area (Å²) in [6.07, 6.45) is 1.84. The summed E-state index contributed by atoms with van der Waals surface area (Å²) in [5.41, 5.74) is 12.2. The van der Waals surface area contributed by atoms with Gasteiger partial charge >= 0.3 is 0 Å². The van der Waals surface area contributed by atoms with Crippen molar-refractivity contribution in [3.05, 3.63) is 187 Å². The van der Waals surface area contributed by atoms with E-state index >= 15 is 0 Å². The van der Waals surface area contributed by atoms with E-state index in [1.54, 1.807) is 0 Å². The van der Waals surface area contributed by atoms with Crippen molar-refractivity contribution >= 4 is 83.2 Å². The van der Waals surface area contributed by atoms with Crippen molar-refractivity contribution in [2.75, 3.05) is 4.90 Å². The first-order valence-electron chi connectivity index (χ1n) is 17.4. The first-order valence-corrected chi connectivity index (χ1v) is 19.5. The van der Waals surface area contributed by atoms with Gasteiger partial charge in [-0.15, -0.1) is 0 Å². The van der Waals surface area contributed by atoms with E-state index in [0.717, 1.165) is 48.6 Å². The van der Waals surface area contributed by atoms with Crippen LogP contribution in [0.5, 0.6) is 0 Å². The molecular formula is C47H28IN3O. The summed E-state index contributed by atoms with van der Waals surface area (Å²) in [5.74, 6) is 0.892. The Kier molecular flexibility index (Phi) is 6.64. The quantitative estimate of drug-likeness (QED) is 0.167. The van der Waals surface area contributed by atoms with E-state index in [-0.39, 0.29) is 0 Å². The third kappa shape index (κ3) is 4.55. The molecule has 0 N–H and O–H groups in total. The predicted molar refractivity (Wildman–Crippen MR) is 224 cm³/mol. The van der Waals surface area contributed by atoms with Crippen molar-refractivity contribution in [1.82, 2.24) is 4.98 Å². The van der Waals surface area contributed by atoms with E-state index in [1.165, 1.54) is 53.1 Å². The highest BCUT2D eigenvalue weighted by molar-refractivity contribution is 14.2. The number of aromatic nitrogens is 1. The molecule has 0 amide bonds. The van der Waals surface area contributed by atoms with Gasteiger partial charge in [-0.25, -0.2) is 4.99 Å². The highest BCUT2D eigenvalue weighted by atomic mass is 127. The Morgan fingerprint density at radius 3 is 2.12 bits per heavy atom. The van der Waals surface area contributed by atoms with E-state index in [0.29, 0.717) is 0 Å². The van der Waals surface area contributed by atoms with E-state index in [2.05, 4.69) is 143 Å². The molecule has 52 heavy (non-hydrogen) atoms. The summed E-state index contributed by atoms with van der Waals surface area (Å²) in [6.45, 7) is 0. The summed E-state index contributed by atoms with van der Waals surface area (Å²) in [7, 11) is 0. The monoisotopic (exact) mass is 777 g/mol. The maximum Gasteiger partial charge on any atom is 0.167 e. The van der Waals surface area contributed by atoms with Gasteiger partial charge in [0, 0.05) is 39.3 Å². The number of nitrogens with zero attached hydrogens (tertiary/aromatic N) is 3. The molecule has 9 aromatic rings. The minimum absolute atomic E-state index is 0.674. The lowest BCUT2D eigenvalue weighted by Gasteiger charge is -2.34. The van der Waals surface area contributed by atoms with Gasteiger partial charge in [-0.3, -0.25) is 4.98 Å². The smallest absolute Gasteiger partial charge is 0.167 e. The lowest BCUT2D eigenvalue weighted by molar-refractivity contribution is 0.608. The maximum absolute atomic E-state index is 6.54. The molecule has 0 unspecified atom stereocenters. The van der Waals surface area contributed by atoms with Crippen LogP contribution >= 0.6 is 20.7 Å². The first kappa shape index (κ1) is 29.5. The van der Waals surface area contributed by atoms with Crippen LogP contribution in [-0.4, -0.2) is 12.2 Å². The molecule has 4 nitrogen and oxygen atoms in total. The average molecular weight is 778 g/mol. The molecule has 2 aliphatic rings. The lowest BCUT2D eigenvalue weighted by Crippen LogP contribution is -2.15. The van der Waals surface area contributed by atoms with Gasteiger partial charge in [-0.1, -0.05) is 136 Å². The fourth-order valence-corrected chi connectivity index (χ4v) is 10.6. The number of aliphatic imine (C=N–C) groups is 1. The number of pyridine rings is 1. The minimum Gasteiger partial charge on any atom is -0.453 e. The number of halogens is 1. The summed E-state index contributed by atoms with van der Waals surface area (Å²) in [6, 6.07) is 58.6. The molecular weight excluding hydrogens is 749 g/mol. The van der Waals surface area contributed by atoms with Crippen LogP contribution in [0.3, 0.4) is 0 Å². The molecule has 0 radical (unpaired) electrons. The third-order valence-electron chi connectivity index (χ3n) is 10.2. The molecule has 5 heteroatoms. The van der Waals surface area contributed by atoms with E-state index in [4.69, 9.17) is 9.41 Å². The van der Waals surface area contributed by atoms with Crippen molar-refractivity contribution in [2.45, 2.75) is 0 Å². The van der Waals surface area contributed by atoms with Gasteiger partial charge in [0.25, 0.3) is 0 Å². The Morgan fingerprint density at radius 2 is 1.27 bits per heavy atom. The standard InChI is InChI=1S/C47H28IN3O/c1-2-12-35-29(9-1)24-27-40-43(35)37-14-7-10-31-11-8-16-39(42(31)37)51(40)34-25-22-33(23-26-34)47-48-44(46-45(50-47)36-13-3-4-17-41(36)52-46)32-20-18-30(19-21-32)38-15-5-6-28-49-38/h1-28H. The maximum atomic E-state index is 6.54. The molecule has 2 aliphatic heterocycles. The van der Waals surface area contributed by atoms with Gasteiger partial charge in [-0.05, 0) is 75.8 Å².